The largest absolute Gasteiger partial charge is 0.497 e. The molecule has 0 unspecified atom stereocenters. The molecule has 1 aromatic heterocycles. The molecule has 0 amide bonds. The molecule has 0 radical (unpaired) electrons. The third-order valence-electron chi connectivity index (χ3n) is 2.48. The van der Waals surface area contributed by atoms with E-state index in [2.05, 4.69) is 20.9 Å². The number of halogens is 5. The van der Waals surface area contributed by atoms with Gasteiger partial charge >= 0.3 is 6.18 Å². The van der Waals surface area contributed by atoms with Gasteiger partial charge in [0.1, 0.15) is 16.5 Å². The number of hydrogen-bond donors (Lipinski definition) is 0. The maximum absolute atomic E-state index is 12.5. The lowest BCUT2D eigenvalue weighted by atomic mass is 10.3. The van der Waals surface area contributed by atoms with Gasteiger partial charge in [-0.2, -0.15) is 13.2 Å². The van der Waals surface area contributed by atoms with Crippen molar-refractivity contribution >= 4 is 27.5 Å². The molecule has 0 spiro atoms. The molecule has 0 bridgehead atoms. The molecule has 112 valence electrons. The lowest BCUT2D eigenvalue weighted by molar-refractivity contribution is -0.137. The molecule has 0 aliphatic carbocycles. The van der Waals surface area contributed by atoms with Gasteiger partial charge in [-0.3, -0.25) is 0 Å². The Morgan fingerprint density at radius 1 is 1.24 bits per heavy atom. The van der Waals surface area contributed by atoms with E-state index in [0.29, 0.717) is 22.2 Å². The summed E-state index contributed by atoms with van der Waals surface area (Å²) in [5.74, 6) is 0.834. The van der Waals surface area contributed by atoms with Gasteiger partial charge in [0.2, 0.25) is 5.88 Å². The first-order valence-electron chi connectivity index (χ1n) is 5.55. The molecule has 0 aliphatic heterocycles. The van der Waals surface area contributed by atoms with E-state index in [1.807, 2.05) is 0 Å². The van der Waals surface area contributed by atoms with Crippen LogP contribution >= 0.6 is 27.5 Å². The van der Waals surface area contributed by atoms with Gasteiger partial charge in [0.05, 0.1) is 17.1 Å². The molecule has 1 heterocycles. The first-order chi connectivity index (χ1) is 9.81. The van der Waals surface area contributed by atoms with Crippen LogP contribution in [0.5, 0.6) is 17.4 Å². The van der Waals surface area contributed by atoms with Crippen LogP contribution in [-0.4, -0.2) is 12.1 Å². The Labute approximate surface area is 131 Å². The second-order valence-electron chi connectivity index (χ2n) is 3.91. The second-order valence-corrected chi connectivity index (χ2v) is 5.17. The number of pyridine rings is 1. The van der Waals surface area contributed by atoms with E-state index in [9.17, 15) is 13.2 Å². The number of hydrogen-bond acceptors (Lipinski definition) is 3. The number of alkyl halides is 3. The van der Waals surface area contributed by atoms with Crippen molar-refractivity contribution in [2.75, 3.05) is 7.11 Å². The van der Waals surface area contributed by atoms with Crippen LogP contribution < -0.4 is 9.47 Å². The predicted molar refractivity (Wildman–Crippen MR) is 75.0 cm³/mol. The van der Waals surface area contributed by atoms with Gasteiger partial charge in [0.15, 0.2) is 0 Å². The Kier molecular flexibility index (Phi) is 4.63. The van der Waals surface area contributed by atoms with E-state index < -0.39 is 11.7 Å². The average molecular weight is 383 g/mol. The molecule has 0 saturated carbocycles. The molecule has 2 rings (SSSR count). The van der Waals surface area contributed by atoms with Crippen molar-refractivity contribution in [2.24, 2.45) is 0 Å². The summed E-state index contributed by atoms with van der Waals surface area (Å²) in [6, 6.07) is 5.63. The van der Waals surface area contributed by atoms with Crippen molar-refractivity contribution in [3.63, 3.8) is 0 Å². The van der Waals surface area contributed by atoms with Crippen molar-refractivity contribution in [3.05, 3.63) is 45.5 Å². The predicted octanol–water partition coefficient (Wildman–Crippen LogP) is 5.32. The summed E-state index contributed by atoms with van der Waals surface area (Å²) >= 11 is 9.03. The van der Waals surface area contributed by atoms with Crippen molar-refractivity contribution in [1.29, 1.82) is 0 Å². The molecular formula is C13H8BrClF3NO2. The molecule has 2 aromatic rings. The fraction of sp³-hybridized carbons (Fsp3) is 0.154. The minimum absolute atomic E-state index is 0.115. The standard InChI is InChI=1S/C13H8BrClF3NO2/c1-20-8-2-3-11(9(14)5-8)21-12-10(15)4-7(6-19-12)13(16,17)18/h2-6H,1H3. The molecule has 21 heavy (non-hydrogen) atoms. The maximum atomic E-state index is 12.5. The molecule has 3 nitrogen and oxygen atoms in total. The average Bonchev–Trinajstić information content (AvgIpc) is 2.41. The van der Waals surface area contributed by atoms with Gasteiger partial charge in [-0.1, -0.05) is 11.6 Å². The van der Waals surface area contributed by atoms with Crippen LogP contribution in [-0.2, 0) is 6.18 Å². The van der Waals surface area contributed by atoms with E-state index in [4.69, 9.17) is 21.1 Å². The molecule has 0 N–H and O–H groups in total. The van der Waals surface area contributed by atoms with Gasteiger partial charge in [-0.25, -0.2) is 4.98 Å². The van der Waals surface area contributed by atoms with Crippen LogP contribution in [0.4, 0.5) is 13.2 Å². The fourth-order valence-corrected chi connectivity index (χ4v) is 2.09. The van der Waals surface area contributed by atoms with Crippen molar-refractivity contribution in [1.82, 2.24) is 4.98 Å². The van der Waals surface area contributed by atoms with Gasteiger partial charge < -0.3 is 9.47 Å². The number of benzene rings is 1. The van der Waals surface area contributed by atoms with Gasteiger partial charge in [0.25, 0.3) is 0 Å². The maximum Gasteiger partial charge on any atom is 0.417 e. The normalized spacial score (nSPS) is 11.3. The zero-order valence-corrected chi connectivity index (χ0v) is 12.9. The first kappa shape index (κ1) is 15.9. The lowest BCUT2D eigenvalue weighted by Crippen LogP contribution is -2.05. The summed E-state index contributed by atoms with van der Waals surface area (Å²) in [6.07, 6.45) is -3.84. The van der Waals surface area contributed by atoms with E-state index in [1.165, 1.54) is 7.11 Å². The van der Waals surface area contributed by atoms with Crippen LogP contribution in [0.15, 0.2) is 34.9 Å². The van der Waals surface area contributed by atoms with Crippen molar-refractivity contribution < 1.29 is 22.6 Å². The van der Waals surface area contributed by atoms with Gasteiger partial charge in [-0.05, 0) is 40.2 Å². The quantitative estimate of drug-likeness (QED) is 0.720. The smallest absolute Gasteiger partial charge is 0.417 e. The number of nitrogens with zero attached hydrogens (tertiary/aromatic N) is 1. The Hall–Kier alpha value is -1.47. The summed E-state index contributed by atoms with van der Waals surface area (Å²) in [4.78, 5) is 3.60. The van der Waals surface area contributed by atoms with Gasteiger partial charge in [0, 0.05) is 6.20 Å². The minimum Gasteiger partial charge on any atom is -0.497 e. The third-order valence-corrected chi connectivity index (χ3v) is 3.37. The van der Waals surface area contributed by atoms with E-state index in [0.717, 1.165) is 6.07 Å². The van der Waals surface area contributed by atoms with E-state index in [-0.39, 0.29) is 10.9 Å². The molecule has 0 aliphatic rings. The zero-order valence-electron chi connectivity index (χ0n) is 10.5. The Balaban J connectivity index is 2.28. The summed E-state index contributed by atoms with van der Waals surface area (Å²) < 4.78 is 48.5. The molecule has 0 fully saturated rings. The Morgan fingerprint density at radius 3 is 2.48 bits per heavy atom. The summed E-state index contributed by atoms with van der Waals surface area (Å²) in [5.41, 5.74) is -0.936. The highest BCUT2D eigenvalue weighted by Gasteiger charge is 2.31. The lowest BCUT2D eigenvalue weighted by Gasteiger charge is -2.11. The van der Waals surface area contributed by atoms with Crippen LogP contribution in [0, 0.1) is 0 Å². The van der Waals surface area contributed by atoms with Crippen LogP contribution in [0.25, 0.3) is 0 Å². The molecule has 0 atom stereocenters. The zero-order chi connectivity index (χ0) is 15.6. The highest BCUT2D eigenvalue weighted by atomic mass is 79.9. The number of rotatable bonds is 3. The van der Waals surface area contributed by atoms with Crippen LogP contribution in [0.2, 0.25) is 5.02 Å². The molecular weight excluding hydrogens is 374 g/mol. The van der Waals surface area contributed by atoms with Crippen LogP contribution in [0.3, 0.4) is 0 Å². The highest BCUT2D eigenvalue weighted by Crippen LogP contribution is 2.37. The number of ether oxygens (including phenoxy) is 2. The van der Waals surface area contributed by atoms with Crippen LogP contribution in [0.1, 0.15) is 5.56 Å². The molecule has 1 aromatic carbocycles. The minimum atomic E-state index is -4.50. The fourth-order valence-electron chi connectivity index (χ4n) is 1.45. The first-order valence-corrected chi connectivity index (χ1v) is 6.72. The second kappa shape index (κ2) is 6.11. The van der Waals surface area contributed by atoms with Crippen molar-refractivity contribution in [2.45, 2.75) is 6.18 Å². The summed E-state index contributed by atoms with van der Waals surface area (Å²) in [6.45, 7) is 0. The summed E-state index contributed by atoms with van der Waals surface area (Å²) in [7, 11) is 1.51. The van der Waals surface area contributed by atoms with Gasteiger partial charge in [-0.15, -0.1) is 0 Å². The topological polar surface area (TPSA) is 31.4 Å². The van der Waals surface area contributed by atoms with E-state index >= 15 is 0 Å². The number of aromatic nitrogens is 1. The third kappa shape index (κ3) is 3.79. The molecule has 8 heteroatoms. The Bertz CT molecular complexity index is 664. The number of methoxy groups -OCH3 is 1. The highest BCUT2D eigenvalue weighted by molar-refractivity contribution is 9.10. The summed E-state index contributed by atoms with van der Waals surface area (Å²) in [5, 5.41) is -0.229. The Morgan fingerprint density at radius 2 is 1.95 bits per heavy atom. The molecule has 0 saturated heterocycles. The SMILES string of the molecule is COc1ccc(Oc2ncc(C(F)(F)F)cc2Cl)c(Br)c1. The van der Waals surface area contributed by atoms with E-state index in [1.54, 1.807) is 18.2 Å². The monoisotopic (exact) mass is 381 g/mol. The van der Waals surface area contributed by atoms with Crippen molar-refractivity contribution in [3.8, 4) is 17.4 Å².